The molecule has 1 aliphatic heterocycles. The normalized spacial score (nSPS) is 16.4. The van der Waals surface area contributed by atoms with Crippen molar-refractivity contribution in [3.8, 4) is 0 Å². The molecule has 1 aromatic heterocycles. The molecular formula is C23H28FN5O. The number of H-pyrrole nitrogens is 1. The molecule has 1 atom stereocenters. The van der Waals surface area contributed by atoms with E-state index in [1.807, 2.05) is 38.2 Å². The number of hydrogen-bond acceptors (Lipinski definition) is 4. The van der Waals surface area contributed by atoms with Crippen LogP contribution in [0.2, 0.25) is 0 Å². The van der Waals surface area contributed by atoms with Gasteiger partial charge in [0, 0.05) is 33.2 Å². The molecule has 1 saturated heterocycles. The number of nitrogens with zero attached hydrogens (tertiary/aromatic N) is 4. The predicted molar refractivity (Wildman–Crippen MR) is 117 cm³/mol. The third-order valence-corrected chi connectivity index (χ3v) is 5.95. The maximum atomic E-state index is 13.2. The van der Waals surface area contributed by atoms with Crippen LogP contribution in [0.15, 0.2) is 48.5 Å². The molecule has 3 aromatic rings. The highest BCUT2D eigenvalue weighted by Gasteiger charge is 2.23. The van der Waals surface area contributed by atoms with Crippen LogP contribution in [0.5, 0.6) is 0 Å². The molecule has 1 amide bonds. The molecule has 0 radical (unpaired) electrons. The van der Waals surface area contributed by atoms with Crippen LogP contribution >= 0.6 is 0 Å². The van der Waals surface area contributed by atoms with Crippen molar-refractivity contribution in [3.63, 3.8) is 0 Å². The van der Waals surface area contributed by atoms with Gasteiger partial charge in [-0.05, 0) is 43.2 Å². The van der Waals surface area contributed by atoms with E-state index in [1.165, 1.54) is 12.1 Å². The number of hydrogen-bond donors (Lipinski definition) is 1. The minimum atomic E-state index is -0.265. The molecule has 2 aromatic carbocycles. The van der Waals surface area contributed by atoms with E-state index < -0.39 is 0 Å². The zero-order valence-corrected chi connectivity index (χ0v) is 17.5. The van der Waals surface area contributed by atoms with Crippen molar-refractivity contribution in [2.45, 2.75) is 19.4 Å². The van der Waals surface area contributed by atoms with Crippen molar-refractivity contribution in [1.82, 2.24) is 19.8 Å². The first-order chi connectivity index (χ1) is 14.5. The third kappa shape index (κ3) is 4.46. The van der Waals surface area contributed by atoms with Crippen molar-refractivity contribution in [3.05, 3.63) is 59.9 Å². The molecule has 0 aliphatic carbocycles. The molecule has 7 heteroatoms. The molecule has 158 valence electrons. The quantitative estimate of drug-likeness (QED) is 0.702. The molecule has 0 saturated carbocycles. The predicted octanol–water partition coefficient (Wildman–Crippen LogP) is 3.43. The highest BCUT2D eigenvalue weighted by Crippen LogP contribution is 2.21. The van der Waals surface area contributed by atoms with Crippen molar-refractivity contribution in [1.29, 1.82) is 0 Å². The number of aromatic amines is 1. The van der Waals surface area contributed by atoms with Crippen LogP contribution in [0.1, 0.15) is 24.9 Å². The van der Waals surface area contributed by atoms with Gasteiger partial charge in [-0.15, -0.1) is 0 Å². The number of para-hydroxylation sites is 2. The number of likely N-dealkylation sites (N-methyl/N-ethyl adjacent to an activating group) is 1. The zero-order chi connectivity index (χ0) is 21.1. The topological polar surface area (TPSA) is 55.5 Å². The van der Waals surface area contributed by atoms with E-state index in [-0.39, 0.29) is 17.8 Å². The summed E-state index contributed by atoms with van der Waals surface area (Å²) in [7, 11) is 1.81. The third-order valence-electron chi connectivity index (χ3n) is 5.95. The zero-order valence-electron chi connectivity index (χ0n) is 17.5. The molecule has 1 N–H and O–H groups in total. The molecule has 4 rings (SSSR count). The number of rotatable bonds is 5. The average Bonchev–Trinajstić information content (AvgIpc) is 3.05. The summed E-state index contributed by atoms with van der Waals surface area (Å²) >= 11 is 0. The van der Waals surface area contributed by atoms with Gasteiger partial charge in [0.25, 0.3) is 0 Å². The van der Waals surface area contributed by atoms with Gasteiger partial charge in [0.15, 0.2) is 0 Å². The van der Waals surface area contributed by atoms with E-state index in [0.717, 1.165) is 55.1 Å². The van der Waals surface area contributed by atoms with E-state index in [0.29, 0.717) is 6.54 Å². The lowest BCUT2D eigenvalue weighted by Gasteiger charge is -2.28. The Morgan fingerprint density at radius 1 is 1.13 bits per heavy atom. The number of halogens is 1. The summed E-state index contributed by atoms with van der Waals surface area (Å²) < 4.78 is 13.2. The number of imidazole rings is 1. The Kier molecular flexibility index (Phi) is 5.99. The number of aromatic nitrogens is 2. The van der Waals surface area contributed by atoms with Gasteiger partial charge >= 0.3 is 0 Å². The van der Waals surface area contributed by atoms with Gasteiger partial charge in [0.05, 0.1) is 23.6 Å². The summed E-state index contributed by atoms with van der Waals surface area (Å²) in [5, 5.41) is 0. The van der Waals surface area contributed by atoms with Crippen LogP contribution in [0.25, 0.3) is 11.0 Å². The Labute approximate surface area is 176 Å². The van der Waals surface area contributed by atoms with Crippen LogP contribution in [0, 0.1) is 5.82 Å². The van der Waals surface area contributed by atoms with Gasteiger partial charge < -0.3 is 14.8 Å². The van der Waals surface area contributed by atoms with Gasteiger partial charge in [0.2, 0.25) is 11.9 Å². The first kappa shape index (κ1) is 20.3. The van der Waals surface area contributed by atoms with Crippen LogP contribution in [-0.2, 0) is 4.79 Å². The first-order valence-corrected chi connectivity index (χ1v) is 10.4. The van der Waals surface area contributed by atoms with Crippen LogP contribution in [0.4, 0.5) is 10.3 Å². The smallest absolute Gasteiger partial charge is 0.236 e. The Hall–Kier alpha value is -2.93. The van der Waals surface area contributed by atoms with Crippen molar-refractivity contribution >= 4 is 22.9 Å². The number of fused-ring (bicyclic) bond motifs is 1. The number of benzene rings is 2. The summed E-state index contributed by atoms with van der Waals surface area (Å²) in [6.45, 7) is 5.77. The molecule has 1 aliphatic rings. The lowest BCUT2D eigenvalue weighted by Crippen LogP contribution is -2.41. The fourth-order valence-electron chi connectivity index (χ4n) is 3.91. The summed E-state index contributed by atoms with van der Waals surface area (Å²) in [5.74, 6) is 0.703. The van der Waals surface area contributed by atoms with Crippen molar-refractivity contribution < 1.29 is 9.18 Å². The second kappa shape index (κ2) is 8.83. The van der Waals surface area contributed by atoms with Gasteiger partial charge in [-0.3, -0.25) is 9.69 Å². The number of amides is 1. The molecule has 0 bridgehead atoms. The minimum absolute atomic E-state index is 0.0732. The van der Waals surface area contributed by atoms with Crippen LogP contribution < -0.4 is 4.90 Å². The Morgan fingerprint density at radius 3 is 2.67 bits per heavy atom. The lowest BCUT2D eigenvalue weighted by atomic mass is 10.1. The Morgan fingerprint density at radius 2 is 1.90 bits per heavy atom. The van der Waals surface area contributed by atoms with Crippen LogP contribution in [0.3, 0.4) is 0 Å². The summed E-state index contributed by atoms with van der Waals surface area (Å²) in [6.07, 6.45) is 0.974. The molecule has 2 heterocycles. The van der Waals surface area contributed by atoms with Crippen LogP contribution in [-0.4, -0.2) is 65.4 Å². The van der Waals surface area contributed by atoms with E-state index in [1.54, 1.807) is 17.0 Å². The molecular weight excluding hydrogens is 381 g/mol. The fourth-order valence-corrected chi connectivity index (χ4v) is 3.91. The van der Waals surface area contributed by atoms with Gasteiger partial charge in [0.1, 0.15) is 5.82 Å². The number of carbonyl (C=O) groups is 1. The second-order valence-corrected chi connectivity index (χ2v) is 7.93. The molecule has 6 nitrogen and oxygen atoms in total. The first-order valence-electron chi connectivity index (χ1n) is 10.4. The van der Waals surface area contributed by atoms with E-state index in [4.69, 9.17) is 4.98 Å². The number of anilines is 1. The molecule has 1 unspecified atom stereocenters. The van der Waals surface area contributed by atoms with Gasteiger partial charge in [-0.25, -0.2) is 9.37 Å². The molecule has 0 spiro atoms. The number of nitrogens with one attached hydrogen (secondary N) is 1. The Balaban J connectivity index is 1.35. The maximum absolute atomic E-state index is 13.2. The van der Waals surface area contributed by atoms with Gasteiger partial charge in [-0.2, -0.15) is 0 Å². The van der Waals surface area contributed by atoms with Crippen molar-refractivity contribution in [2.75, 3.05) is 44.7 Å². The largest absolute Gasteiger partial charge is 0.341 e. The number of carbonyl (C=O) groups excluding carboxylic acids is 1. The average molecular weight is 410 g/mol. The standard InChI is InChI=1S/C23H28FN5O/c1-17(18-8-10-19(24)11-9-18)27(2)22(30)16-28-12-5-13-29(15-14-28)23-25-20-6-3-4-7-21(20)26-23/h3-4,6-11,17H,5,12-16H2,1-2H3,(H,25,26). The SMILES string of the molecule is CC(c1ccc(F)cc1)N(C)C(=O)CN1CCCN(c2nc3ccccc3[nH]2)CC1. The van der Waals surface area contributed by atoms with E-state index in [2.05, 4.69) is 14.8 Å². The van der Waals surface area contributed by atoms with Crippen molar-refractivity contribution in [2.24, 2.45) is 0 Å². The maximum Gasteiger partial charge on any atom is 0.236 e. The summed E-state index contributed by atoms with van der Waals surface area (Å²) in [5.41, 5.74) is 2.94. The molecule has 1 fully saturated rings. The monoisotopic (exact) mass is 409 g/mol. The summed E-state index contributed by atoms with van der Waals surface area (Å²) in [6, 6.07) is 14.3. The fraction of sp³-hybridized carbons (Fsp3) is 0.391. The highest BCUT2D eigenvalue weighted by molar-refractivity contribution is 5.78. The highest BCUT2D eigenvalue weighted by atomic mass is 19.1. The van der Waals surface area contributed by atoms with Gasteiger partial charge in [-0.1, -0.05) is 24.3 Å². The van der Waals surface area contributed by atoms with E-state index in [9.17, 15) is 9.18 Å². The molecule has 30 heavy (non-hydrogen) atoms. The second-order valence-electron chi connectivity index (χ2n) is 7.93. The lowest BCUT2D eigenvalue weighted by molar-refractivity contribution is -0.133. The Bertz CT molecular complexity index is 969. The van der Waals surface area contributed by atoms with E-state index >= 15 is 0 Å². The summed E-state index contributed by atoms with van der Waals surface area (Å²) in [4.78, 5) is 27.2. The minimum Gasteiger partial charge on any atom is -0.341 e.